The van der Waals surface area contributed by atoms with Gasteiger partial charge in [-0.3, -0.25) is 0 Å². The summed E-state index contributed by atoms with van der Waals surface area (Å²) in [6.45, 7) is 0. The van der Waals surface area contributed by atoms with Gasteiger partial charge in [0.25, 0.3) is 0 Å². The standard InChI is InChI=1S/C12H7N5/c1-2-9-12(16-6-15-9)7-3-10-11(17-8(1)7)4-13-5-14-10/h1-6H,(H,15,16). The van der Waals surface area contributed by atoms with Gasteiger partial charge >= 0.3 is 0 Å². The quantitative estimate of drug-likeness (QED) is 0.461. The maximum absolute atomic E-state index is 4.53. The second-order valence-electron chi connectivity index (χ2n) is 3.85. The molecular formula is C12H7N5. The highest BCUT2D eigenvalue weighted by molar-refractivity contribution is 6.05. The Kier molecular flexibility index (Phi) is 1.50. The lowest BCUT2D eigenvalue weighted by Crippen LogP contribution is -1.87. The molecule has 0 atom stereocenters. The van der Waals surface area contributed by atoms with Crippen LogP contribution in [0.3, 0.4) is 0 Å². The van der Waals surface area contributed by atoms with Crippen molar-refractivity contribution in [2.24, 2.45) is 0 Å². The molecule has 4 aromatic rings. The van der Waals surface area contributed by atoms with E-state index in [1.165, 1.54) is 6.33 Å². The van der Waals surface area contributed by atoms with Crippen molar-refractivity contribution >= 4 is 33.0 Å². The number of H-pyrrole nitrogens is 1. The van der Waals surface area contributed by atoms with Gasteiger partial charge in [-0.15, -0.1) is 0 Å². The van der Waals surface area contributed by atoms with Crippen LogP contribution in [-0.2, 0) is 0 Å². The van der Waals surface area contributed by atoms with Crippen molar-refractivity contribution in [2.45, 2.75) is 0 Å². The van der Waals surface area contributed by atoms with Crippen LogP contribution in [0, 0.1) is 0 Å². The van der Waals surface area contributed by atoms with Crippen LogP contribution in [-0.4, -0.2) is 24.9 Å². The predicted octanol–water partition coefficient (Wildman–Crippen LogP) is 2.05. The molecule has 0 saturated carbocycles. The summed E-state index contributed by atoms with van der Waals surface area (Å²) in [5.41, 5.74) is 4.48. The molecule has 5 nitrogen and oxygen atoms in total. The average molecular weight is 221 g/mol. The third-order valence-corrected chi connectivity index (χ3v) is 2.85. The zero-order chi connectivity index (χ0) is 11.2. The second-order valence-corrected chi connectivity index (χ2v) is 3.85. The molecule has 1 aromatic carbocycles. The molecule has 80 valence electrons. The molecule has 0 saturated heterocycles. The van der Waals surface area contributed by atoms with E-state index in [0.717, 1.165) is 33.0 Å². The van der Waals surface area contributed by atoms with Gasteiger partial charge in [-0.1, -0.05) is 0 Å². The molecule has 3 aromatic heterocycles. The first kappa shape index (κ1) is 8.58. The Balaban J connectivity index is 2.29. The molecule has 0 amide bonds. The number of rotatable bonds is 0. The molecule has 0 spiro atoms. The van der Waals surface area contributed by atoms with Gasteiger partial charge in [0.2, 0.25) is 0 Å². The van der Waals surface area contributed by atoms with E-state index in [-0.39, 0.29) is 0 Å². The zero-order valence-electron chi connectivity index (χ0n) is 8.75. The van der Waals surface area contributed by atoms with E-state index in [1.807, 2.05) is 18.2 Å². The number of aromatic nitrogens is 5. The number of pyridine rings is 1. The van der Waals surface area contributed by atoms with Gasteiger partial charge in [-0.05, 0) is 18.2 Å². The Morgan fingerprint density at radius 1 is 1.00 bits per heavy atom. The molecular weight excluding hydrogens is 214 g/mol. The van der Waals surface area contributed by atoms with Crippen molar-refractivity contribution < 1.29 is 0 Å². The maximum Gasteiger partial charge on any atom is 0.116 e. The molecule has 3 heterocycles. The molecule has 5 heteroatoms. The first-order chi connectivity index (χ1) is 8.42. The van der Waals surface area contributed by atoms with Gasteiger partial charge in [0.1, 0.15) is 11.8 Å². The SMILES string of the molecule is c1ncc2nc3ccc4[nH]cnc4c3cc2n1. The van der Waals surface area contributed by atoms with E-state index < -0.39 is 0 Å². The summed E-state index contributed by atoms with van der Waals surface area (Å²) >= 11 is 0. The first-order valence-electron chi connectivity index (χ1n) is 5.24. The number of benzene rings is 1. The van der Waals surface area contributed by atoms with E-state index in [0.29, 0.717) is 0 Å². The van der Waals surface area contributed by atoms with E-state index >= 15 is 0 Å². The van der Waals surface area contributed by atoms with Crippen LogP contribution in [0.2, 0.25) is 0 Å². The van der Waals surface area contributed by atoms with Crippen molar-refractivity contribution in [3.8, 4) is 0 Å². The lowest BCUT2D eigenvalue weighted by atomic mass is 10.1. The fourth-order valence-electron chi connectivity index (χ4n) is 2.05. The van der Waals surface area contributed by atoms with Crippen molar-refractivity contribution in [1.82, 2.24) is 24.9 Å². The Morgan fingerprint density at radius 2 is 2.00 bits per heavy atom. The van der Waals surface area contributed by atoms with Crippen molar-refractivity contribution in [3.05, 3.63) is 37.1 Å². The summed E-state index contributed by atoms with van der Waals surface area (Å²) in [5, 5.41) is 1.01. The summed E-state index contributed by atoms with van der Waals surface area (Å²) in [4.78, 5) is 20.1. The third-order valence-electron chi connectivity index (χ3n) is 2.85. The summed E-state index contributed by atoms with van der Waals surface area (Å²) in [6, 6.07) is 5.96. The molecule has 17 heavy (non-hydrogen) atoms. The van der Waals surface area contributed by atoms with Crippen LogP contribution in [0.15, 0.2) is 37.1 Å². The van der Waals surface area contributed by atoms with Gasteiger partial charge in [0.15, 0.2) is 0 Å². The average Bonchev–Trinajstić information content (AvgIpc) is 2.85. The van der Waals surface area contributed by atoms with Crippen LogP contribution < -0.4 is 0 Å². The number of imidazole rings is 1. The minimum absolute atomic E-state index is 0.801. The number of nitrogens with one attached hydrogen (secondary N) is 1. The van der Waals surface area contributed by atoms with Gasteiger partial charge in [0, 0.05) is 5.39 Å². The van der Waals surface area contributed by atoms with E-state index in [2.05, 4.69) is 24.9 Å². The smallest absolute Gasteiger partial charge is 0.116 e. The number of nitrogens with zero attached hydrogens (tertiary/aromatic N) is 4. The van der Waals surface area contributed by atoms with Crippen molar-refractivity contribution in [2.75, 3.05) is 0 Å². The number of hydrogen-bond donors (Lipinski definition) is 1. The minimum Gasteiger partial charge on any atom is -0.345 e. The van der Waals surface area contributed by atoms with Crippen LogP contribution >= 0.6 is 0 Å². The second kappa shape index (κ2) is 2.98. The summed E-state index contributed by atoms with van der Waals surface area (Å²) in [6.07, 6.45) is 4.94. The number of fused-ring (bicyclic) bond motifs is 4. The normalized spacial score (nSPS) is 11.5. The Morgan fingerprint density at radius 3 is 3.00 bits per heavy atom. The molecule has 0 aliphatic heterocycles. The van der Waals surface area contributed by atoms with Crippen LogP contribution in [0.4, 0.5) is 0 Å². The summed E-state index contributed by atoms with van der Waals surface area (Å²) in [5.74, 6) is 0. The molecule has 0 aliphatic carbocycles. The molecule has 0 unspecified atom stereocenters. The number of aromatic amines is 1. The van der Waals surface area contributed by atoms with Crippen LogP contribution in [0.1, 0.15) is 0 Å². The van der Waals surface area contributed by atoms with Crippen molar-refractivity contribution in [3.63, 3.8) is 0 Å². The Labute approximate surface area is 95.6 Å². The summed E-state index contributed by atoms with van der Waals surface area (Å²) < 4.78 is 0. The van der Waals surface area contributed by atoms with E-state index in [4.69, 9.17) is 0 Å². The van der Waals surface area contributed by atoms with Crippen LogP contribution in [0.25, 0.3) is 33.0 Å². The number of hydrogen-bond acceptors (Lipinski definition) is 4. The van der Waals surface area contributed by atoms with Crippen molar-refractivity contribution in [1.29, 1.82) is 0 Å². The molecule has 0 bridgehead atoms. The van der Waals surface area contributed by atoms with Gasteiger partial charge in [-0.2, -0.15) is 0 Å². The highest BCUT2D eigenvalue weighted by Gasteiger charge is 2.06. The van der Waals surface area contributed by atoms with E-state index in [9.17, 15) is 0 Å². The highest BCUT2D eigenvalue weighted by atomic mass is 14.9. The molecule has 0 radical (unpaired) electrons. The first-order valence-corrected chi connectivity index (χ1v) is 5.24. The largest absolute Gasteiger partial charge is 0.345 e. The highest BCUT2D eigenvalue weighted by Crippen LogP contribution is 2.23. The lowest BCUT2D eigenvalue weighted by Gasteiger charge is -2.00. The topological polar surface area (TPSA) is 67.3 Å². The van der Waals surface area contributed by atoms with Gasteiger partial charge in [0.05, 0.1) is 34.6 Å². The minimum atomic E-state index is 0.801. The van der Waals surface area contributed by atoms with E-state index in [1.54, 1.807) is 12.5 Å². The molecule has 0 aliphatic rings. The zero-order valence-corrected chi connectivity index (χ0v) is 8.75. The fourth-order valence-corrected chi connectivity index (χ4v) is 2.05. The fraction of sp³-hybridized carbons (Fsp3) is 0. The molecule has 1 N–H and O–H groups in total. The maximum atomic E-state index is 4.53. The monoisotopic (exact) mass is 221 g/mol. The summed E-state index contributed by atoms with van der Waals surface area (Å²) in [7, 11) is 0. The van der Waals surface area contributed by atoms with Gasteiger partial charge < -0.3 is 4.98 Å². The van der Waals surface area contributed by atoms with Crippen LogP contribution in [0.5, 0.6) is 0 Å². The lowest BCUT2D eigenvalue weighted by molar-refractivity contribution is 1.21. The van der Waals surface area contributed by atoms with Gasteiger partial charge in [-0.25, -0.2) is 19.9 Å². The molecule has 4 rings (SSSR count). The predicted molar refractivity (Wildman–Crippen MR) is 64.5 cm³/mol. The Bertz CT molecular complexity index is 849. The third kappa shape index (κ3) is 1.13. The molecule has 0 fully saturated rings. The Hall–Kier alpha value is -2.56.